The van der Waals surface area contributed by atoms with E-state index in [1.54, 1.807) is 17.9 Å². The maximum absolute atomic E-state index is 14.5. The van der Waals surface area contributed by atoms with Gasteiger partial charge in [0.2, 0.25) is 0 Å². The van der Waals surface area contributed by atoms with Crippen molar-refractivity contribution in [3.63, 3.8) is 0 Å². The highest BCUT2D eigenvalue weighted by molar-refractivity contribution is 6.02. The van der Waals surface area contributed by atoms with Gasteiger partial charge in [0.25, 0.3) is 5.91 Å². The Morgan fingerprint density at radius 3 is 2.64 bits per heavy atom. The summed E-state index contributed by atoms with van der Waals surface area (Å²) in [6, 6.07) is 10.7. The second kappa shape index (κ2) is 6.55. The molecule has 0 unspecified atom stereocenters. The molecule has 2 aromatic rings. The van der Waals surface area contributed by atoms with Crippen LogP contribution >= 0.6 is 0 Å². The van der Waals surface area contributed by atoms with Crippen LogP contribution < -0.4 is 16.0 Å². The van der Waals surface area contributed by atoms with Crippen LogP contribution in [0, 0.1) is 12.7 Å². The minimum Gasteiger partial charge on any atom is -0.352 e. The molecular weight excluding hydrogens is 321 g/mol. The molecule has 25 heavy (non-hydrogen) atoms. The van der Waals surface area contributed by atoms with Crippen molar-refractivity contribution in [2.75, 3.05) is 4.90 Å². The molecule has 0 fully saturated rings. The van der Waals surface area contributed by atoms with Crippen LogP contribution in [0.2, 0.25) is 0 Å². The zero-order valence-corrected chi connectivity index (χ0v) is 14.1. The van der Waals surface area contributed by atoms with Crippen molar-refractivity contribution < 1.29 is 14.0 Å². The van der Waals surface area contributed by atoms with Crippen LogP contribution in [0.5, 0.6) is 0 Å². The van der Waals surface area contributed by atoms with Crippen molar-refractivity contribution in [1.82, 2.24) is 5.32 Å². The summed E-state index contributed by atoms with van der Waals surface area (Å²) in [7, 11) is 0. The van der Waals surface area contributed by atoms with E-state index in [2.05, 4.69) is 5.32 Å². The first kappa shape index (κ1) is 17.0. The Morgan fingerprint density at radius 2 is 2.00 bits per heavy atom. The van der Waals surface area contributed by atoms with Crippen molar-refractivity contribution in [3.8, 4) is 0 Å². The highest BCUT2D eigenvalue weighted by Gasteiger charge is 2.38. The van der Waals surface area contributed by atoms with Gasteiger partial charge in [-0.25, -0.2) is 9.18 Å². The Morgan fingerprint density at radius 1 is 1.32 bits per heavy atom. The van der Waals surface area contributed by atoms with Crippen molar-refractivity contribution in [3.05, 3.63) is 65.0 Å². The molecule has 2 aromatic carbocycles. The van der Waals surface area contributed by atoms with Gasteiger partial charge in [0, 0.05) is 12.0 Å². The van der Waals surface area contributed by atoms with E-state index >= 15 is 0 Å². The van der Waals surface area contributed by atoms with Crippen LogP contribution in [-0.2, 0) is 11.2 Å². The van der Waals surface area contributed by atoms with Crippen LogP contribution in [0.4, 0.5) is 14.9 Å². The molecule has 5 nitrogen and oxygen atoms in total. The summed E-state index contributed by atoms with van der Waals surface area (Å²) in [5.41, 5.74) is 7.79. The predicted molar refractivity (Wildman–Crippen MR) is 93.7 cm³/mol. The molecule has 1 aliphatic heterocycles. The summed E-state index contributed by atoms with van der Waals surface area (Å²) < 4.78 is 14.5. The molecule has 3 rings (SSSR count). The maximum Gasteiger partial charge on any atom is 0.312 e. The first-order chi connectivity index (χ1) is 11.9. The highest BCUT2D eigenvalue weighted by atomic mass is 19.1. The van der Waals surface area contributed by atoms with Gasteiger partial charge in [-0.15, -0.1) is 0 Å². The van der Waals surface area contributed by atoms with Crippen LogP contribution in [0.25, 0.3) is 0 Å². The van der Waals surface area contributed by atoms with E-state index in [0.29, 0.717) is 11.3 Å². The minimum absolute atomic E-state index is 0.0846. The van der Waals surface area contributed by atoms with E-state index in [9.17, 15) is 14.0 Å². The van der Waals surface area contributed by atoms with Gasteiger partial charge in [-0.3, -0.25) is 4.79 Å². The number of amides is 3. The molecule has 0 bridgehead atoms. The van der Waals surface area contributed by atoms with Gasteiger partial charge in [0.1, 0.15) is 11.9 Å². The van der Waals surface area contributed by atoms with E-state index in [0.717, 1.165) is 11.1 Å². The molecule has 3 amide bonds. The molecule has 6 heteroatoms. The fraction of sp³-hybridized carbons (Fsp3) is 0.263. The van der Waals surface area contributed by atoms with E-state index in [-0.39, 0.29) is 24.2 Å². The number of carbonyl (C=O) groups is 2. The Balaban J connectivity index is 2.11. The van der Waals surface area contributed by atoms with Gasteiger partial charge in [0.05, 0.1) is 11.7 Å². The van der Waals surface area contributed by atoms with E-state index in [1.165, 1.54) is 6.07 Å². The molecule has 0 aromatic heterocycles. The lowest BCUT2D eigenvalue weighted by molar-refractivity contribution is -0.121. The molecule has 0 saturated carbocycles. The maximum atomic E-state index is 14.5. The van der Waals surface area contributed by atoms with Crippen LogP contribution in [-0.4, -0.2) is 18.0 Å². The van der Waals surface area contributed by atoms with Crippen molar-refractivity contribution in [2.24, 2.45) is 5.73 Å². The standard InChI is InChI=1S/C19H20FN3O2/c1-11-8-15(20)14-10-16(22-19(21)25)18(24)23(17(14)9-11)12(2)13-6-4-3-5-7-13/h3-9,12,16H,10H2,1-2H3,(H3,21,22,25)/t12-,16+/m0/s1. The van der Waals surface area contributed by atoms with Gasteiger partial charge in [-0.05, 0) is 37.1 Å². The lowest BCUT2D eigenvalue weighted by Crippen LogP contribution is -2.54. The number of primary amides is 1. The number of anilines is 1. The largest absolute Gasteiger partial charge is 0.352 e. The lowest BCUT2D eigenvalue weighted by Gasteiger charge is -2.38. The fourth-order valence-electron chi connectivity index (χ4n) is 3.31. The molecular formula is C19H20FN3O2. The quantitative estimate of drug-likeness (QED) is 0.901. The average Bonchev–Trinajstić information content (AvgIpc) is 2.56. The Labute approximate surface area is 145 Å². The van der Waals surface area contributed by atoms with E-state index < -0.39 is 12.1 Å². The summed E-state index contributed by atoms with van der Waals surface area (Å²) in [5.74, 6) is -0.684. The molecule has 0 aliphatic carbocycles. The SMILES string of the molecule is Cc1cc(F)c2c(c1)N([C@@H](C)c1ccccc1)C(=O)[C@H](NC(N)=O)C2. The van der Waals surface area contributed by atoms with Gasteiger partial charge >= 0.3 is 6.03 Å². The van der Waals surface area contributed by atoms with Crippen molar-refractivity contribution in [1.29, 1.82) is 0 Å². The molecule has 0 saturated heterocycles. The summed E-state index contributed by atoms with van der Waals surface area (Å²) in [6.45, 7) is 3.66. The van der Waals surface area contributed by atoms with E-state index in [4.69, 9.17) is 5.73 Å². The van der Waals surface area contributed by atoms with E-state index in [1.807, 2.05) is 37.3 Å². The third-order valence-electron chi connectivity index (χ3n) is 4.51. The number of halogens is 1. The van der Waals surface area contributed by atoms with Crippen molar-refractivity contribution >= 4 is 17.6 Å². The number of nitrogens with two attached hydrogens (primary N) is 1. The van der Waals surface area contributed by atoms with Crippen LogP contribution in [0.3, 0.4) is 0 Å². The summed E-state index contributed by atoms with van der Waals surface area (Å²) in [5, 5.41) is 2.43. The third kappa shape index (κ3) is 3.20. The smallest absolute Gasteiger partial charge is 0.312 e. The number of nitrogens with one attached hydrogen (secondary N) is 1. The van der Waals surface area contributed by atoms with Crippen molar-refractivity contribution in [2.45, 2.75) is 32.4 Å². The molecule has 3 N–H and O–H groups in total. The highest BCUT2D eigenvalue weighted by Crippen LogP contribution is 2.37. The number of urea groups is 1. The summed E-state index contributed by atoms with van der Waals surface area (Å²) >= 11 is 0. The first-order valence-corrected chi connectivity index (χ1v) is 8.11. The first-order valence-electron chi connectivity index (χ1n) is 8.11. The minimum atomic E-state index is -0.881. The number of carbonyl (C=O) groups excluding carboxylic acids is 2. The predicted octanol–water partition coefficient (Wildman–Crippen LogP) is 2.82. The van der Waals surface area contributed by atoms with Gasteiger partial charge < -0.3 is 16.0 Å². The van der Waals surface area contributed by atoms with Crippen LogP contribution in [0.15, 0.2) is 42.5 Å². The Hall–Kier alpha value is -2.89. The normalized spacial score (nSPS) is 17.8. The second-order valence-corrected chi connectivity index (χ2v) is 6.30. The average molecular weight is 341 g/mol. The van der Waals surface area contributed by atoms with Crippen LogP contribution in [0.1, 0.15) is 29.7 Å². The molecule has 2 atom stereocenters. The second-order valence-electron chi connectivity index (χ2n) is 6.30. The molecule has 1 aliphatic rings. The molecule has 130 valence electrons. The number of hydrogen-bond acceptors (Lipinski definition) is 2. The zero-order valence-electron chi connectivity index (χ0n) is 14.1. The number of aryl methyl sites for hydroxylation is 1. The third-order valence-corrected chi connectivity index (χ3v) is 4.51. The van der Waals surface area contributed by atoms with Gasteiger partial charge in [0.15, 0.2) is 0 Å². The number of benzene rings is 2. The molecule has 0 radical (unpaired) electrons. The van der Waals surface area contributed by atoms with Gasteiger partial charge in [-0.2, -0.15) is 0 Å². The topological polar surface area (TPSA) is 75.4 Å². The summed E-state index contributed by atoms with van der Waals surface area (Å²) in [4.78, 5) is 25.8. The number of fused-ring (bicyclic) bond motifs is 1. The number of nitrogens with zero attached hydrogens (tertiary/aromatic N) is 1. The summed E-state index contributed by atoms with van der Waals surface area (Å²) in [6.07, 6.45) is 0.0846. The van der Waals surface area contributed by atoms with Gasteiger partial charge in [-0.1, -0.05) is 30.3 Å². The monoisotopic (exact) mass is 341 g/mol. The lowest BCUT2D eigenvalue weighted by atomic mass is 9.92. The zero-order chi connectivity index (χ0) is 18.1. The Bertz CT molecular complexity index is 823. The molecule has 1 heterocycles. The molecule has 0 spiro atoms. The fourth-order valence-corrected chi connectivity index (χ4v) is 3.31. The Kier molecular flexibility index (Phi) is 4.44. The number of rotatable bonds is 3. The number of hydrogen-bond donors (Lipinski definition) is 2.